The predicted octanol–water partition coefficient (Wildman–Crippen LogP) is 5.71. The number of thioether (sulfide) groups is 2. The van der Waals surface area contributed by atoms with Crippen LogP contribution in [0.2, 0.25) is 0 Å². The molecular weight excluding hydrogens is 436 g/mol. The summed E-state index contributed by atoms with van der Waals surface area (Å²) in [6.45, 7) is 10.0. The first-order valence-corrected chi connectivity index (χ1v) is 13.5. The Morgan fingerprint density at radius 1 is 0.750 bits per heavy atom. The number of ether oxygens (including phenoxy) is 2. The van der Waals surface area contributed by atoms with Crippen LogP contribution in [0.15, 0.2) is 47.5 Å². The second kappa shape index (κ2) is 12.0. The van der Waals surface area contributed by atoms with Crippen molar-refractivity contribution in [3.63, 3.8) is 0 Å². The fraction of sp³-hybridized carbons (Fsp3) is 0.462. The van der Waals surface area contributed by atoms with Gasteiger partial charge >= 0.3 is 0 Å². The Morgan fingerprint density at radius 3 is 1.66 bits per heavy atom. The van der Waals surface area contributed by atoms with Crippen LogP contribution in [0.5, 0.6) is 0 Å². The van der Waals surface area contributed by atoms with Gasteiger partial charge in [0.25, 0.3) is 0 Å². The van der Waals surface area contributed by atoms with E-state index in [0.717, 1.165) is 58.6 Å². The molecule has 6 heteroatoms. The van der Waals surface area contributed by atoms with Gasteiger partial charge in [0.05, 0.1) is 37.8 Å². The maximum Gasteiger partial charge on any atom is 0.100 e. The van der Waals surface area contributed by atoms with E-state index in [1.165, 1.54) is 35.1 Å². The molecule has 0 aliphatic heterocycles. The third-order valence-corrected chi connectivity index (χ3v) is 7.73. The van der Waals surface area contributed by atoms with Gasteiger partial charge in [0.2, 0.25) is 0 Å². The van der Waals surface area contributed by atoms with Gasteiger partial charge in [-0.25, -0.2) is 9.97 Å². The molecule has 2 aliphatic rings. The minimum Gasteiger partial charge on any atom is -0.377 e. The smallest absolute Gasteiger partial charge is 0.100 e. The monoisotopic (exact) mass is 468 g/mol. The molecule has 32 heavy (non-hydrogen) atoms. The summed E-state index contributed by atoms with van der Waals surface area (Å²) in [4.78, 5) is 10.2. The number of hydrogen-bond acceptors (Lipinski definition) is 6. The first kappa shape index (κ1) is 23.6. The number of hydrogen-bond donors (Lipinski definition) is 0. The van der Waals surface area contributed by atoms with Crippen molar-refractivity contribution < 1.29 is 9.47 Å². The topological polar surface area (TPSA) is 44.2 Å². The highest BCUT2D eigenvalue weighted by atomic mass is 32.2. The van der Waals surface area contributed by atoms with Gasteiger partial charge in [0, 0.05) is 11.5 Å². The van der Waals surface area contributed by atoms with Crippen LogP contribution in [-0.2, 0) is 35.2 Å². The fourth-order valence-electron chi connectivity index (χ4n) is 4.32. The van der Waals surface area contributed by atoms with Gasteiger partial charge in [0.15, 0.2) is 0 Å². The molecule has 0 saturated heterocycles. The molecule has 170 valence electrons. The second-order valence-corrected chi connectivity index (χ2v) is 10.2. The maximum atomic E-state index is 5.57. The van der Waals surface area contributed by atoms with Gasteiger partial charge < -0.3 is 9.47 Å². The van der Waals surface area contributed by atoms with Crippen molar-refractivity contribution in [1.82, 2.24) is 9.97 Å². The Balaban J connectivity index is 1.55. The quantitative estimate of drug-likeness (QED) is 0.213. The van der Waals surface area contributed by atoms with Gasteiger partial charge in [-0.05, 0) is 72.9 Å². The molecule has 0 saturated carbocycles. The molecule has 2 aromatic rings. The van der Waals surface area contributed by atoms with Crippen LogP contribution in [0.1, 0.15) is 35.1 Å². The Hall–Kier alpha value is -1.60. The lowest BCUT2D eigenvalue weighted by Gasteiger charge is -2.14. The van der Waals surface area contributed by atoms with Crippen molar-refractivity contribution in [1.29, 1.82) is 0 Å². The molecule has 0 fully saturated rings. The molecule has 0 aromatic carbocycles. The summed E-state index contributed by atoms with van der Waals surface area (Å²) >= 11 is 3.62. The number of aryl methyl sites for hydroxylation is 2. The third kappa shape index (κ3) is 5.84. The molecule has 0 N–H and O–H groups in total. The number of pyridine rings is 2. The zero-order chi connectivity index (χ0) is 22.2. The molecule has 4 nitrogen and oxygen atoms in total. The molecular formula is C26H32N2O2S2. The molecule has 2 aromatic heterocycles. The van der Waals surface area contributed by atoms with Crippen molar-refractivity contribution in [2.45, 2.75) is 48.6 Å². The highest BCUT2D eigenvalue weighted by molar-refractivity contribution is 7.99. The molecule has 0 spiro atoms. The molecule has 0 amide bonds. The molecule has 2 heterocycles. The zero-order valence-electron chi connectivity index (χ0n) is 18.7. The van der Waals surface area contributed by atoms with Crippen LogP contribution in [-0.4, -0.2) is 47.9 Å². The summed E-state index contributed by atoms with van der Waals surface area (Å²) in [5, 5.41) is 2.32. The van der Waals surface area contributed by atoms with Gasteiger partial charge in [0.1, 0.15) is 10.1 Å². The van der Waals surface area contributed by atoms with Gasteiger partial charge in [-0.2, -0.15) is 0 Å². The van der Waals surface area contributed by atoms with Crippen LogP contribution >= 0.6 is 23.5 Å². The average Bonchev–Trinajstić information content (AvgIpc) is 3.48. The molecule has 0 unspecified atom stereocenters. The van der Waals surface area contributed by atoms with Crippen LogP contribution < -0.4 is 0 Å². The third-order valence-electron chi connectivity index (χ3n) is 5.77. The van der Waals surface area contributed by atoms with Crippen molar-refractivity contribution >= 4 is 23.5 Å². The molecule has 0 bridgehead atoms. The summed E-state index contributed by atoms with van der Waals surface area (Å²) in [5.74, 6) is 1.81. The summed E-state index contributed by atoms with van der Waals surface area (Å²) in [7, 11) is 0. The lowest BCUT2D eigenvalue weighted by Crippen LogP contribution is -2.02. The minimum atomic E-state index is 0.601. The molecule has 4 rings (SSSR count). The van der Waals surface area contributed by atoms with E-state index in [0.29, 0.717) is 26.4 Å². The molecule has 2 aliphatic carbocycles. The van der Waals surface area contributed by atoms with Crippen LogP contribution in [0.4, 0.5) is 0 Å². The average molecular weight is 469 g/mol. The summed E-state index contributed by atoms with van der Waals surface area (Å²) in [5.41, 5.74) is 7.77. The first-order valence-electron chi connectivity index (χ1n) is 11.5. The second-order valence-electron chi connectivity index (χ2n) is 8.03. The SMILES string of the molecule is C=CCOCCSc1nc(-c2cc3c(c(SCCOCC=C)n2)CCC3)cc2c1CCC2. The number of aromatic nitrogens is 2. The van der Waals surface area contributed by atoms with E-state index in [-0.39, 0.29) is 0 Å². The Kier molecular flexibility index (Phi) is 8.85. The van der Waals surface area contributed by atoms with Crippen LogP contribution in [0.3, 0.4) is 0 Å². The van der Waals surface area contributed by atoms with Gasteiger partial charge in [-0.1, -0.05) is 12.2 Å². The number of fused-ring (bicyclic) bond motifs is 2. The molecule has 0 atom stereocenters. The first-order chi connectivity index (χ1) is 15.8. The van der Waals surface area contributed by atoms with E-state index in [2.05, 4.69) is 25.3 Å². The Morgan fingerprint density at radius 2 is 1.22 bits per heavy atom. The van der Waals surface area contributed by atoms with Crippen LogP contribution in [0, 0.1) is 0 Å². The van der Waals surface area contributed by atoms with E-state index in [4.69, 9.17) is 19.4 Å². The molecule has 0 radical (unpaired) electrons. The van der Waals surface area contributed by atoms with E-state index >= 15 is 0 Å². The summed E-state index contributed by atoms with van der Waals surface area (Å²) < 4.78 is 11.1. The van der Waals surface area contributed by atoms with E-state index in [1.807, 2.05) is 23.5 Å². The largest absolute Gasteiger partial charge is 0.377 e. The summed E-state index contributed by atoms with van der Waals surface area (Å²) in [6.07, 6.45) is 10.5. The minimum absolute atomic E-state index is 0.601. The standard InChI is InChI=1S/C26H32N2O2S2/c1-3-11-29-13-15-31-25-21-9-5-7-19(21)17-23(27-25)24-18-20-8-6-10-22(20)26(28-24)32-16-14-30-12-4-2/h3-4,17-18H,1-2,5-16H2. The number of rotatable bonds is 13. The highest BCUT2D eigenvalue weighted by Gasteiger charge is 2.22. The van der Waals surface area contributed by atoms with Gasteiger partial charge in [-0.15, -0.1) is 36.7 Å². The maximum absolute atomic E-state index is 5.57. The van der Waals surface area contributed by atoms with Crippen molar-refractivity contribution in [3.05, 3.63) is 59.7 Å². The van der Waals surface area contributed by atoms with E-state index < -0.39 is 0 Å². The number of nitrogens with zero attached hydrogens (tertiary/aromatic N) is 2. The van der Waals surface area contributed by atoms with E-state index in [1.54, 1.807) is 12.2 Å². The Bertz CT molecular complexity index is 884. The fourth-order valence-corrected chi connectivity index (χ4v) is 6.25. The van der Waals surface area contributed by atoms with Crippen molar-refractivity contribution in [2.75, 3.05) is 37.9 Å². The van der Waals surface area contributed by atoms with Crippen molar-refractivity contribution in [3.8, 4) is 11.4 Å². The van der Waals surface area contributed by atoms with E-state index in [9.17, 15) is 0 Å². The normalized spacial score (nSPS) is 14.4. The zero-order valence-corrected chi connectivity index (χ0v) is 20.4. The Labute approximate surface area is 200 Å². The predicted molar refractivity (Wildman–Crippen MR) is 135 cm³/mol. The van der Waals surface area contributed by atoms with Gasteiger partial charge in [-0.3, -0.25) is 0 Å². The lowest BCUT2D eigenvalue weighted by molar-refractivity contribution is 0.180. The summed E-state index contributed by atoms with van der Waals surface area (Å²) in [6, 6.07) is 4.57. The van der Waals surface area contributed by atoms with Crippen molar-refractivity contribution in [2.24, 2.45) is 0 Å². The lowest BCUT2D eigenvalue weighted by atomic mass is 10.1. The highest BCUT2D eigenvalue weighted by Crippen LogP contribution is 2.37. The van der Waals surface area contributed by atoms with Crippen LogP contribution in [0.25, 0.3) is 11.4 Å².